The van der Waals surface area contributed by atoms with E-state index >= 15 is 0 Å². The maximum atomic E-state index is 11.8. The molecule has 3 N–H and O–H groups in total. The average Bonchev–Trinajstić information content (AvgIpc) is 3.22. The van der Waals surface area contributed by atoms with Crippen LogP contribution in [0.15, 0.2) is 73.1 Å². The van der Waals surface area contributed by atoms with Crippen molar-refractivity contribution < 1.29 is 14.3 Å². The van der Waals surface area contributed by atoms with Crippen LogP contribution in [0.5, 0.6) is 5.75 Å². The smallest absolute Gasteiger partial charge is 0.407 e. The highest BCUT2D eigenvalue weighted by Gasteiger charge is 2.16. The van der Waals surface area contributed by atoms with Crippen molar-refractivity contribution in [2.75, 3.05) is 12.3 Å². The van der Waals surface area contributed by atoms with E-state index in [0.29, 0.717) is 19.0 Å². The predicted molar refractivity (Wildman–Crippen MR) is 144 cm³/mol. The van der Waals surface area contributed by atoms with Gasteiger partial charge in [0.1, 0.15) is 23.8 Å². The number of nitrogens with one attached hydrogen (secondary N) is 1. The van der Waals surface area contributed by atoms with E-state index in [2.05, 4.69) is 27.1 Å². The number of anilines is 1. The summed E-state index contributed by atoms with van der Waals surface area (Å²) in [4.78, 5) is 16.2. The molecule has 7 heteroatoms. The Morgan fingerprint density at radius 1 is 1.06 bits per heavy atom. The number of carbonyl (C=O) groups excluding carboxylic acids is 1. The van der Waals surface area contributed by atoms with Crippen molar-refractivity contribution in [1.82, 2.24) is 14.9 Å². The highest BCUT2D eigenvalue weighted by molar-refractivity contribution is 6.02. The number of aromatic nitrogens is 2. The fourth-order valence-electron chi connectivity index (χ4n) is 4.08. The number of rotatable bonds is 9. The Hall–Kier alpha value is -4.00. The van der Waals surface area contributed by atoms with Crippen LogP contribution in [0.2, 0.25) is 0 Å². The molecule has 0 aliphatic heterocycles. The Morgan fingerprint density at radius 3 is 2.64 bits per heavy atom. The molecule has 188 valence electrons. The maximum absolute atomic E-state index is 11.8. The first-order valence-electron chi connectivity index (χ1n) is 12.3. The number of aryl methyl sites for hydroxylation is 1. The van der Waals surface area contributed by atoms with Gasteiger partial charge in [-0.2, -0.15) is 0 Å². The van der Waals surface area contributed by atoms with Crippen LogP contribution in [0.4, 0.5) is 10.6 Å². The molecule has 0 spiro atoms. The minimum Gasteiger partial charge on any atom is -0.489 e. The van der Waals surface area contributed by atoms with Gasteiger partial charge in [-0.1, -0.05) is 42.5 Å². The fourth-order valence-corrected chi connectivity index (χ4v) is 4.08. The topological polar surface area (TPSA) is 91.4 Å². The van der Waals surface area contributed by atoms with E-state index in [1.165, 1.54) is 0 Å². The van der Waals surface area contributed by atoms with E-state index < -0.39 is 5.60 Å². The number of ether oxygens (including phenoxy) is 2. The Morgan fingerprint density at radius 2 is 1.86 bits per heavy atom. The van der Waals surface area contributed by atoms with Crippen molar-refractivity contribution in [3.63, 3.8) is 0 Å². The third kappa shape index (κ3) is 6.56. The van der Waals surface area contributed by atoms with Crippen molar-refractivity contribution in [1.29, 1.82) is 0 Å². The summed E-state index contributed by atoms with van der Waals surface area (Å²) in [6.07, 6.45) is 5.20. The van der Waals surface area contributed by atoms with E-state index in [-0.39, 0.29) is 6.09 Å². The first-order valence-corrected chi connectivity index (χ1v) is 12.3. The molecule has 7 nitrogen and oxygen atoms in total. The summed E-state index contributed by atoms with van der Waals surface area (Å²) in [7, 11) is 0. The van der Waals surface area contributed by atoms with Crippen molar-refractivity contribution in [3.8, 4) is 16.9 Å². The van der Waals surface area contributed by atoms with E-state index in [1.54, 1.807) is 6.20 Å². The summed E-state index contributed by atoms with van der Waals surface area (Å²) >= 11 is 0. The fraction of sp³-hybridized carbons (Fsp3) is 0.310. The van der Waals surface area contributed by atoms with Crippen LogP contribution in [0.1, 0.15) is 39.2 Å². The zero-order valence-corrected chi connectivity index (χ0v) is 21.2. The summed E-state index contributed by atoms with van der Waals surface area (Å²) in [5, 5.41) is 3.75. The van der Waals surface area contributed by atoms with Crippen LogP contribution in [-0.2, 0) is 17.9 Å². The van der Waals surface area contributed by atoms with Crippen molar-refractivity contribution in [2.24, 2.45) is 0 Å². The number of fused-ring (bicyclic) bond motifs is 1. The molecule has 36 heavy (non-hydrogen) atoms. The van der Waals surface area contributed by atoms with Gasteiger partial charge in [0.2, 0.25) is 0 Å². The maximum Gasteiger partial charge on any atom is 0.407 e. The van der Waals surface area contributed by atoms with Crippen LogP contribution < -0.4 is 15.8 Å². The number of nitrogens with zero attached hydrogens (tertiary/aromatic N) is 2. The number of amides is 1. The van der Waals surface area contributed by atoms with Gasteiger partial charge in [0.15, 0.2) is 0 Å². The monoisotopic (exact) mass is 486 g/mol. The third-order valence-electron chi connectivity index (χ3n) is 5.71. The van der Waals surface area contributed by atoms with Gasteiger partial charge in [-0.05, 0) is 62.9 Å². The molecule has 0 fully saturated rings. The molecule has 0 aliphatic carbocycles. The van der Waals surface area contributed by atoms with E-state index in [4.69, 9.17) is 15.2 Å². The molecular weight excluding hydrogens is 452 g/mol. The highest BCUT2D eigenvalue weighted by Crippen LogP contribution is 2.35. The molecule has 2 aromatic carbocycles. The number of carbonyl (C=O) groups is 1. The molecule has 0 bridgehead atoms. The second-order valence-electron chi connectivity index (χ2n) is 9.76. The lowest BCUT2D eigenvalue weighted by atomic mass is 10.1. The van der Waals surface area contributed by atoms with Gasteiger partial charge < -0.3 is 25.1 Å². The molecule has 4 aromatic rings. The van der Waals surface area contributed by atoms with Crippen LogP contribution in [-0.4, -0.2) is 27.8 Å². The zero-order chi connectivity index (χ0) is 25.5. The van der Waals surface area contributed by atoms with Crippen LogP contribution in [0.3, 0.4) is 0 Å². The molecular formula is C29H34N4O3. The van der Waals surface area contributed by atoms with Gasteiger partial charge >= 0.3 is 6.09 Å². The van der Waals surface area contributed by atoms with Gasteiger partial charge in [0.05, 0.1) is 5.52 Å². The Kier molecular flexibility index (Phi) is 7.78. The van der Waals surface area contributed by atoms with Crippen molar-refractivity contribution in [3.05, 3.63) is 78.6 Å². The summed E-state index contributed by atoms with van der Waals surface area (Å²) in [5.74, 6) is 1.30. The lowest BCUT2D eigenvalue weighted by Gasteiger charge is -2.19. The molecule has 0 radical (unpaired) electrons. The second-order valence-corrected chi connectivity index (χ2v) is 9.76. The molecule has 2 aromatic heterocycles. The molecule has 2 heterocycles. The molecule has 0 unspecified atom stereocenters. The quantitative estimate of drug-likeness (QED) is 0.276. The summed E-state index contributed by atoms with van der Waals surface area (Å²) in [6.45, 7) is 7.42. The second kappa shape index (κ2) is 11.2. The van der Waals surface area contributed by atoms with Gasteiger partial charge in [0, 0.05) is 36.4 Å². The first-order chi connectivity index (χ1) is 17.3. The number of hydrogen-bond acceptors (Lipinski definition) is 5. The Labute approximate surface area is 212 Å². The number of alkyl carbamates (subject to hydrolysis) is 1. The number of pyridine rings is 1. The van der Waals surface area contributed by atoms with Gasteiger partial charge in [-0.25, -0.2) is 9.78 Å². The first kappa shape index (κ1) is 25.1. The number of nitrogen functional groups attached to an aromatic ring is 1. The predicted octanol–water partition coefficient (Wildman–Crippen LogP) is 6.17. The number of unbranched alkanes of at least 4 members (excludes halogenated alkanes) is 1. The molecule has 0 aliphatic rings. The van der Waals surface area contributed by atoms with E-state index in [0.717, 1.165) is 52.7 Å². The van der Waals surface area contributed by atoms with Crippen LogP contribution >= 0.6 is 0 Å². The van der Waals surface area contributed by atoms with E-state index in [9.17, 15) is 4.79 Å². The summed E-state index contributed by atoms with van der Waals surface area (Å²) in [6, 6.07) is 20.2. The van der Waals surface area contributed by atoms with Gasteiger partial charge in [-0.15, -0.1) is 0 Å². The minimum absolute atomic E-state index is 0.385. The van der Waals surface area contributed by atoms with Crippen LogP contribution in [0, 0.1) is 0 Å². The van der Waals surface area contributed by atoms with E-state index in [1.807, 2.05) is 75.4 Å². The van der Waals surface area contributed by atoms with Gasteiger partial charge in [0.25, 0.3) is 0 Å². The van der Waals surface area contributed by atoms with Gasteiger partial charge in [-0.3, -0.25) is 0 Å². The standard InChI is InChI=1S/C29H34N4O3/c1-29(2,3)36-28(34)32-15-7-8-17-33-19-24(26-25(33)14-16-31-27(26)30)22-12-9-13-23(18-22)35-20-21-10-5-4-6-11-21/h4-6,9-14,16,18-19H,7-8,15,17,20H2,1-3H3,(H2,30,31)(H,32,34). The molecule has 0 atom stereocenters. The largest absolute Gasteiger partial charge is 0.489 e. The lowest BCUT2D eigenvalue weighted by Crippen LogP contribution is -2.33. The summed E-state index contributed by atoms with van der Waals surface area (Å²) < 4.78 is 13.5. The third-order valence-corrected chi connectivity index (χ3v) is 5.71. The molecule has 1 amide bonds. The molecule has 4 rings (SSSR count). The Bertz CT molecular complexity index is 1310. The molecule has 0 saturated heterocycles. The van der Waals surface area contributed by atoms with Crippen molar-refractivity contribution >= 4 is 22.8 Å². The SMILES string of the molecule is CC(C)(C)OC(=O)NCCCCn1cc(-c2cccc(OCc3ccccc3)c2)c2c(N)nccc21. The lowest BCUT2D eigenvalue weighted by molar-refractivity contribution is 0.0527. The zero-order valence-electron chi connectivity index (χ0n) is 21.2. The number of nitrogens with two attached hydrogens (primary N) is 1. The number of benzene rings is 2. The minimum atomic E-state index is -0.498. The summed E-state index contributed by atoms with van der Waals surface area (Å²) in [5.41, 5.74) is 10.0. The molecule has 0 saturated carbocycles. The number of hydrogen-bond donors (Lipinski definition) is 2. The average molecular weight is 487 g/mol. The Balaban J connectivity index is 1.45. The normalized spacial score (nSPS) is 11.4. The van der Waals surface area contributed by atoms with Crippen LogP contribution in [0.25, 0.3) is 22.0 Å². The highest BCUT2D eigenvalue weighted by atomic mass is 16.6. The van der Waals surface area contributed by atoms with Crippen molar-refractivity contribution in [2.45, 2.75) is 52.4 Å².